The highest BCUT2D eigenvalue weighted by Gasteiger charge is 2.25. The van der Waals surface area contributed by atoms with E-state index in [0.29, 0.717) is 12.5 Å². The average Bonchev–Trinajstić information content (AvgIpc) is 2.29. The maximum absolute atomic E-state index is 13.7. The molecule has 1 N–H and O–H groups in total. The van der Waals surface area contributed by atoms with E-state index in [2.05, 4.69) is 5.32 Å². The maximum atomic E-state index is 13.7. The van der Waals surface area contributed by atoms with Crippen molar-refractivity contribution in [1.29, 1.82) is 0 Å². The molecule has 8 heteroatoms. The van der Waals surface area contributed by atoms with E-state index in [-0.39, 0.29) is 0 Å². The zero-order chi connectivity index (χ0) is 16.4. The third-order valence-electron chi connectivity index (χ3n) is 2.85. The topological polar surface area (TPSA) is 63.2 Å². The Morgan fingerprint density at radius 3 is 2.38 bits per heavy atom. The molecular formula is C13H16ClF2NO3S. The van der Waals surface area contributed by atoms with Crippen molar-refractivity contribution in [3.63, 3.8) is 0 Å². The fourth-order valence-corrected chi connectivity index (χ4v) is 2.70. The zero-order valence-electron chi connectivity index (χ0n) is 11.8. The molecule has 1 amide bonds. The van der Waals surface area contributed by atoms with Crippen LogP contribution in [0, 0.1) is 11.6 Å². The van der Waals surface area contributed by atoms with E-state index >= 15 is 0 Å². The smallest absolute Gasteiger partial charge is 0.261 e. The van der Waals surface area contributed by atoms with Crippen molar-refractivity contribution in [2.75, 3.05) is 0 Å². The Balaban J connectivity index is 3.24. The predicted molar refractivity (Wildman–Crippen MR) is 75.9 cm³/mol. The number of hydrogen-bond acceptors (Lipinski definition) is 3. The van der Waals surface area contributed by atoms with Crippen LogP contribution < -0.4 is 5.32 Å². The van der Waals surface area contributed by atoms with Gasteiger partial charge >= 0.3 is 0 Å². The molecule has 0 radical (unpaired) electrons. The van der Waals surface area contributed by atoms with E-state index in [9.17, 15) is 22.0 Å². The minimum atomic E-state index is -4.27. The van der Waals surface area contributed by atoms with Gasteiger partial charge in [0.25, 0.3) is 15.0 Å². The van der Waals surface area contributed by atoms with Gasteiger partial charge in [-0.05, 0) is 32.4 Å². The van der Waals surface area contributed by atoms with Crippen LogP contribution in [0.3, 0.4) is 0 Å². The number of halogens is 3. The van der Waals surface area contributed by atoms with Gasteiger partial charge < -0.3 is 5.32 Å². The summed E-state index contributed by atoms with van der Waals surface area (Å²) in [7, 11) is 0.827. The molecule has 1 rings (SSSR count). The first-order valence-electron chi connectivity index (χ1n) is 6.24. The van der Waals surface area contributed by atoms with E-state index in [0.717, 1.165) is 12.5 Å². The number of carbonyl (C=O) groups excluding carboxylic acids is 1. The minimum Gasteiger partial charge on any atom is -0.347 e. The highest BCUT2D eigenvalue weighted by Crippen LogP contribution is 2.22. The van der Waals surface area contributed by atoms with Gasteiger partial charge in [-0.1, -0.05) is 13.3 Å². The van der Waals surface area contributed by atoms with E-state index in [4.69, 9.17) is 10.7 Å². The first-order chi connectivity index (χ1) is 9.48. The monoisotopic (exact) mass is 339 g/mol. The second-order valence-corrected chi connectivity index (χ2v) is 7.86. The van der Waals surface area contributed by atoms with E-state index in [1.165, 1.54) is 0 Å². The SMILES string of the molecule is CCCC(C)(C)NC(=O)c1cc(S(=O)(=O)Cl)cc(F)c1F. The van der Waals surface area contributed by atoms with Crippen molar-refractivity contribution < 1.29 is 22.0 Å². The molecule has 0 heterocycles. The molecule has 1 aromatic carbocycles. The van der Waals surface area contributed by atoms with Crippen LogP contribution in [0.2, 0.25) is 0 Å². The third kappa shape index (κ3) is 4.64. The van der Waals surface area contributed by atoms with Crippen LogP contribution in [-0.4, -0.2) is 19.9 Å². The fraction of sp³-hybridized carbons (Fsp3) is 0.462. The Labute approximate surface area is 126 Å². The molecule has 0 aliphatic carbocycles. The molecule has 0 aliphatic heterocycles. The summed E-state index contributed by atoms with van der Waals surface area (Å²) < 4.78 is 49.5. The Kier molecular flexibility index (Phi) is 5.33. The van der Waals surface area contributed by atoms with Gasteiger partial charge in [-0.2, -0.15) is 0 Å². The number of hydrogen-bond donors (Lipinski definition) is 1. The van der Waals surface area contributed by atoms with Crippen LogP contribution in [0.25, 0.3) is 0 Å². The summed E-state index contributed by atoms with van der Waals surface area (Å²) in [6.07, 6.45) is 1.40. The summed E-state index contributed by atoms with van der Waals surface area (Å²) in [6, 6.07) is 1.16. The van der Waals surface area contributed by atoms with Gasteiger partial charge in [0.15, 0.2) is 11.6 Å². The van der Waals surface area contributed by atoms with E-state index in [1.54, 1.807) is 13.8 Å². The molecule has 0 fully saturated rings. The first kappa shape index (κ1) is 17.8. The molecule has 0 aliphatic rings. The largest absolute Gasteiger partial charge is 0.347 e. The molecule has 0 spiro atoms. The molecule has 21 heavy (non-hydrogen) atoms. The summed E-state index contributed by atoms with van der Waals surface area (Å²) in [4.78, 5) is 11.4. The van der Waals surface area contributed by atoms with Gasteiger partial charge in [-0.3, -0.25) is 4.79 Å². The molecule has 0 aromatic heterocycles. The lowest BCUT2D eigenvalue weighted by Crippen LogP contribution is -2.43. The van der Waals surface area contributed by atoms with Crippen LogP contribution in [0.4, 0.5) is 8.78 Å². The van der Waals surface area contributed by atoms with Crippen LogP contribution in [0.5, 0.6) is 0 Å². The van der Waals surface area contributed by atoms with Crippen LogP contribution in [0.1, 0.15) is 44.0 Å². The number of carbonyl (C=O) groups is 1. The molecule has 118 valence electrons. The fourth-order valence-electron chi connectivity index (χ4n) is 1.93. The summed E-state index contributed by atoms with van der Waals surface area (Å²) in [6.45, 7) is 5.37. The number of rotatable bonds is 5. The Hall–Kier alpha value is -1.21. The quantitative estimate of drug-likeness (QED) is 0.838. The summed E-state index contributed by atoms with van der Waals surface area (Å²) >= 11 is 0. The van der Waals surface area contributed by atoms with Gasteiger partial charge in [-0.15, -0.1) is 0 Å². The highest BCUT2D eigenvalue weighted by molar-refractivity contribution is 8.13. The summed E-state index contributed by atoms with van der Waals surface area (Å²) in [5.41, 5.74) is -1.33. The van der Waals surface area contributed by atoms with Gasteiger partial charge in [0, 0.05) is 16.2 Å². The van der Waals surface area contributed by atoms with Crippen molar-refractivity contribution in [3.05, 3.63) is 29.3 Å². The second kappa shape index (κ2) is 6.27. The van der Waals surface area contributed by atoms with Crippen molar-refractivity contribution in [2.45, 2.75) is 44.0 Å². The van der Waals surface area contributed by atoms with Crippen molar-refractivity contribution in [2.24, 2.45) is 0 Å². The molecule has 4 nitrogen and oxygen atoms in total. The minimum absolute atomic E-state index is 0.436. The lowest BCUT2D eigenvalue weighted by Gasteiger charge is -2.26. The number of benzene rings is 1. The summed E-state index contributed by atoms with van der Waals surface area (Å²) in [5.74, 6) is -3.76. The van der Waals surface area contributed by atoms with Crippen LogP contribution in [-0.2, 0) is 9.05 Å². The molecular weight excluding hydrogens is 324 g/mol. The lowest BCUT2D eigenvalue weighted by molar-refractivity contribution is 0.0903. The van der Waals surface area contributed by atoms with Gasteiger partial charge in [-0.25, -0.2) is 17.2 Å². The normalized spacial score (nSPS) is 12.3. The molecule has 0 unspecified atom stereocenters. The Morgan fingerprint density at radius 2 is 1.90 bits per heavy atom. The summed E-state index contributed by atoms with van der Waals surface area (Å²) in [5, 5.41) is 2.54. The van der Waals surface area contributed by atoms with Crippen molar-refractivity contribution in [3.8, 4) is 0 Å². The van der Waals surface area contributed by atoms with Crippen LogP contribution in [0.15, 0.2) is 17.0 Å². The zero-order valence-corrected chi connectivity index (χ0v) is 13.4. The molecule has 0 saturated carbocycles. The molecule has 1 aromatic rings. The van der Waals surface area contributed by atoms with Gasteiger partial charge in [0.1, 0.15) is 0 Å². The third-order valence-corrected chi connectivity index (χ3v) is 4.19. The van der Waals surface area contributed by atoms with Gasteiger partial charge in [0.05, 0.1) is 10.5 Å². The predicted octanol–water partition coefficient (Wildman–Crippen LogP) is 3.20. The second-order valence-electron chi connectivity index (χ2n) is 5.29. The highest BCUT2D eigenvalue weighted by atomic mass is 35.7. The number of amides is 1. The maximum Gasteiger partial charge on any atom is 0.261 e. The van der Waals surface area contributed by atoms with E-state index in [1.807, 2.05) is 6.92 Å². The standard InChI is InChI=1S/C13H16ClF2NO3S/c1-4-5-13(2,3)17-12(18)9-6-8(21(14,19)20)7-10(15)11(9)16/h6-7H,4-5H2,1-3H3,(H,17,18). The lowest BCUT2D eigenvalue weighted by atomic mass is 9.98. The number of nitrogens with one attached hydrogen (secondary N) is 1. The molecule has 0 bridgehead atoms. The Bertz CT molecular complexity index is 660. The molecule has 0 saturated heterocycles. The average molecular weight is 340 g/mol. The van der Waals surface area contributed by atoms with Gasteiger partial charge in [0.2, 0.25) is 0 Å². The van der Waals surface area contributed by atoms with E-state index < -0.39 is 42.6 Å². The van der Waals surface area contributed by atoms with Crippen LogP contribution >= 0.6 is 10.7 Å². The van der Waals surface area contributed by atoms with Crippen molar-refractivity contribution in [1.82, 2.24) is 5.32 Å². The first-order valence-corrected chi connectivity index (χ1v) is 8.55. The van der Waals surface area contributed by atoms with Crippen molar-refractivity contribution >= 4 is 25.6 Å². The Morgan fingerprint density at radius 1 is 1.33 bits per heavy atom. The molecule has 0 atom stereocenters.